The van der Waals surface area contributed by atoms with Crippen LogP contribution >= 0.6 is 11.6 Å². The number of benzene rings is 2. The van der Waals surface area contributed by atoms with Crippen LogP contribution in [0.2, 0.25) is 5.02 Å². The van der Waals surface area contributed by atoms with E-state index in [1.165, 1.54) is 16.7 Å². The zero-order valence-electron chi connectivity index (χ0n) is 12.8. The molecule has 21 heavy (non-hydrogen) atoms. The third-order valence-corrected chi connectivity index (χ3v) is 3.99. The van der Waals surface area contributed by atoms with E-state index in [1.807, 2.05) is 18.2 Å². The lowest BCUT2D eigenvalue weighted by atomic mass is 9.91. The van der Waals surface area contributed by atoms with Crippen molar-refractivity contribution in [3.63, 3.8) is 0 Å². The second kappa shape index (κ2) is 6.97. The van der Waals surface area contributed by atoms with Gasteiger partial charge in [0.25, 0.3) is 0 Å². The molecule has 112 valence electrons. The van der Waals surface area contributed by atoms with Crippen LogP contribution < -0.4 is 10.5 Å². The van der Waals surface area contributed by atoms with Crippen molar-refractivity contribution in [2.24, 2.45) is 5.73 Å². The molecule has 3 heteroatoms. The fourth-order valence-electron chi connectivity index (χ4n) is 2.75. The third-order valence-electron chi connectivity index (χ3n) is 3.70. The number of methoxy groups -OCH3 is 1. The first kappa shape index (κ1) is 15.9. The summed E-state index contributed by atoms with van der Waals surface area (Å²) in [5, 5.41) is 0.633. The van der Waals surface area contributed by atoms with E-state index in [0.717, 1.165) is 12.0 Å². The minimum atomic E-state index is 0.259. The third kappa shape index (κ3) is 3.99. The van der Waals surface area contributed by atoms with Crippen molar-refractivity contribution >= 4 is 11.6 Å². The molecule has 0 fully saturated rings. The highest BCUT2D eigenvalue weighted by Gasteiger charge is 2.13. The van der Waals surface area contributed by atoms with Gasteiger partial charge in [0, 0.05) is 5.92 Å². The molecule has 0 saturated heterocycles. The van der Waals surface area contributed by atoms with Gasteiger partial charge < -0.3 is 10.5 Å². The van der Waals surface area contributed by atoms with E-state index < -0.39 is 0 Å². The van der Waals surface area contributed by atoms with E-state index in [0.29, 0.717) is 17.3 Å². The molecule has 0 aromatic heterocycles. The van der Waals surface area contributed by atoms with E-state index in [1.54, 1.807) is 7.11 Å². The second-order valence-corrected chi connectivity index (χ2v) is 5.93. The SMILES string of the molecule is COc1ccc(C(CN)Cc2cc(C)cc(C)c2)cc1Cl. The molecular weight excluding hydrogens is 282 g/mol. The van der Waals surface area contributed by atoms with Gasteiger partial charge in [0.1, 0.15) is 5.75 Å². The van der Waals surface area contributed by atoms with Gasteiger partial charge in [-0.3, -0.25) is 0 Å². The average Bonchev–Trinajstić information content (AvgIpc) is 2.43. The molecule has 2 rings (SSSR count). The Hall–Kier alpha value is -1.51. The normalized spacial score (nSPS) is 12.2. The van der Waals surface area contributed by atoms with Crippen LogP contribution in [0.3, 0.4) is 0 Å². The van der Waals surface area contributed by atoms with Crippen molar-refractivity contribution < 1.29 is 4.74 Å². The summed E-state index contributed by atoms with van der Waals surface area (Å²) in [6, 6.07) is 12.5. The molecule has 2 aromatic carbocycles. The monoisotopic (exact) mass is 303 g/mol. The number of ether oxygens (including phenoxy) is 1. The second-order valence-electron chi connectivity index (χ2n) is 5.53. The number of hydrogen-bond acceptors (Lipinski definition) is 2. The Labute approximate surface area is 131 Å². The summed E-state index contributed by atoms with van der Waals surface area (Å²) in [6.45, 7) is 4.84. The number of aryl methyl sites for hydroxylation is 2. The van der Waals surface area contributed by atoms with Crippen LogP contribution in [0.5, 0.6) is 5.75 Å². The van der Waals surface area contributed by atoms with Gasteiger partial charge in [-0.2, -0.15) is 0 Å². The Kier molecular flexibility index (Phi) is 5.27. The van der Waals surface area contributed by atoms with Gasteiger partial charge in [0.15, 0.2) is 0 Å². The van der Waals surface area contributed by atoms with E-state index in [4.69, 9.17) is 22.1 Å². The zero-order valence-corrected chi connectivity index (χ0v) is 13.6. The number of hydrogen-bond donors (Lipinski definition) is 1. The van der Waals surface area contributed by atoms with E-state index in [9.17, 15) is 0 Å². The largest absolute Gasteiger partial charge is 0.495 e. The molecule has 1 atom stereocenters. The first-order valence-electron chi connectivity index (χ1n) is 7.14. The Morgan fingerprint density at radius 3 is 2.29 bits per heavy atom. The highest BCUT2D eigenvalue weighted by atomic mass is 35.5. The van der Waals surface area contributed by atoms with Gasteiger partial charge in [-0.15, -0.1) is 0 Å². The summed E-state index contributed by atoms with van der Waals surface area (Å²) >= 11 is 6.22. The molecule has 0 aliphatic heterocycles. The molecule has 0 amide bonds. The van der Waals surface area contributed by atoms with Crippen molar-refractivity contribution in [1.82, 2.24) is 0 Å². The molecule has 2 nitrogen and oxygen atoms in total. The lowest BCUT2D eigenvalue weighted by Crippen LogP contribution is -2.15. The average molecular weight is 304 g/mol. The van der Waals surface area contributed by atoms with E-state index in [2.05, 4.69) is 32.0 Å². The summed E-state index contributed by atoms with van der Waals surface area (Å²) in [5.41, 5.74) is 11.0. The molecule has 0 saturated carbocycles. The molecule has 0 aliphatic rings. The van der Waals surface area contributed by atoms with Crippen molar-refractivity contribution in [2.75, 3.05) is 13.7 Å². The number of nitrogens with two attached hydrogens (primary N) is 1. The summed E-state index contributed by atoms with van der Waals surface area (Å²) in [5.74, 6) is 0.956. The quantitative estimate of drug-likeness (QED) is 0.896. The molecule has 0 aliphatic carbocycles. The maximum atomic E-state index is 6.22. The van der Waals surface area contributed by atoms with Crippen LogP contribution in [-0.4, -0.2) is 13.7 Å². The molecule has 2 aromatic rings. The summed E-state index contributed by atoms with van der Waals surface area (Å²) in [7, 11) is 1.62. The van der Waals surface area contributed by atoms with Gasteiger partial charge in [-0.25, -0.2) is 0 Å². The van der Waals surface area contributed by atoms with Crippen molar-refractivity contribution in [2.45, 2.75) is 26.2 Å². The highest BCUT2D eigenvalue weighted by molar-refractivity contribution is 6.32. The van der Waals surface area contributed by atoms with Crippen LogP contribution in [0, 0.1) is 13.8 Å². The Morgan fingerprint density at radius 1 is 1.10 bits per heavy atom. The maximum Gasteiger partial charge on any atom is 0.137 e. The Balaban J connectivity index is 2.25. The molecular formula is C18H22ClNO. The fourth-order valence-corrected chi connectivity index (χ4v) is 3.01. The van der Waals surface area contributed by atoms with E-state index >= 15 is 0 Å². The van der Waals surface area contributed by atoms with Crippen molar-refractivity contribution in [3.8, 4) is 5.75 Å². The van der Waals surface area contributed by atoms with Gasteiger partial charge in [-0.05, 0) is 50.1 Å². The summed E-state index contributed by atoms with van der Waals surface area (Å²) < 4.78 is 5.20. The topological polar surface area (TPSA) is 35.2 Å². The smallest absolute Gasteiger partial charge is 0.137 e. The lowest BCUT2D eigenvalue weighted by Gasteiger charge is -2.17. The van der Waals surface area contributed by atoms with Gasteiger partial charge in [0.05, 0.1) is 12.1 Å². The maximum absolute atomic E-state index is 6.22. The molecule has 1 unspecified atom stereocenters. The minimum Gasteiger partial charge on any atom is -0.495 e. The van der Waals surface area contributed by atoms with E-state index in [-0.39, 0.29) is 5.92 Å². The minimum absolute atomic E-state index is 0.259. The number of halogens is 1. The first-order chi connectivity index (χ1) is 10.0. The van der Waals surface area contributed by atoms with Crippen LogP contribution in [0.15, 0.2) is 36.4 Å². The van der Waals surface area contributed by atoms with Crippen LogP contribution in [0.1, 0.15) is 28.2 Å². The predicted octanol–water partition coefficient (Wildman–Crippen LogP) is 4.25. The molecule has 0 bridgehead atoms. The number of rotatable bonds is 5. The summed E-state index contributed by atoms with van der Waals surface area (Å²) in [6.07, 6.45) is 0.918. The summed E-state index contributed by atoms with van der Waals surface area (Å²) in [4.78, 5) is 0. The molecule has 2 N–H and O–H groups in total. The lowest BCUT2D eigenvalue weighted by molar-refractivity contribution is 0.414. The molecule has 0 radical (unpaired) electrons. The Morgan fingerprint density at radius 2 is 1.76 bits per heavy atom. The van der Waals surface area contributed by atoms with Gasteiger partial charge in [0.2, 0.25) is 0 Å². The zero-order chi connectivity index (χ0) is 15.4. The standard InChI is InChI=1S/C18H22ClNO/c1-12-6-13(2)8-14(7-12)9-16(11-20)15-4-5-18(21-3)17(19)10-15/h4-8,10,16H,9,11,20H2,1-3H3. The van der Waals surface area contributed by atoms with Crippen molar-refractivity contribution in [3.05, 3.63) is 63.7 Å². The van der Waals surface area contributed by atoms with Crippen LogP contribution in [0.25, 0.3) is 0 Å². The predicted molar refractivity (Wildman–Crippen MR) is 89.4 cm³/mol. The van der Waals surface area contributed by atoms with Crippen molar-refractivity contribution in [1.29, 1.82) is 0 Å². The van der Waals surface area contributed by atoms with Crippen LogP contribution in [0.4, 0.5) is 0 Å². The van der Waals surface area contributed by atoms with Crippen LogP contribution in [-0.2, 0) is 6.42 Å². The van der Waals surface area contributed by atoms with Gasteiger partial charge in [-0.1, -0.05) is 47.0 Å². The highest BCUT2D eigenvalue weighted by Crippen LogP contribution is 2.29. The molecule has 0 heterocycles. The Bertz CT molecular complexity index is 604. The first-order valence-corrected chi connectivity index (χ1v) is 7.52. The molecule has 0 spiro atoms. The fraction of sp³-hybridized carbons (Fsp3) is 0.333. The van der Waals surface area contributed by atoms with Gasteiger partial charge >= 0.3 is 0 Å².